The molecule has 2 heterocycles. The predicted molar refractivity (Wildman–Crippen MR) is 98.6 cm³/mol. The number of fused-ring (bicyclic) bond motifs is 1. The van der Waals surface area contributed by atoms with Crippen molar-refractivity contribution in [2.45, 2.75) is 13.5 Å². The van der Waals surface area contributed by atoms with E-state index < -0.39 is 0 Å². The van der Waals surface area contributed by atoms with Crippen LogP contribution in [0.25, 0.3) is 16.9 Å². The van der Waals surface area contributed by atoms with Crippen LogP contribution in [-0.2, 0) is 6.54 Å². The van der Waals surface area contributed by atoms with E-state index in [1.165, 1.54) is 5.56 Å². The van der Waals surface area contributed by atoms with E-state index >= 15 is 0 Å². The van der Waals surface area contributed by atoms with Gasteiger partial charge in [-0.2, -0.15) is 0 Å². The largest absolute Gasteiger partial charge is 0.508 e. The molecule has 0 saturated heterocycles. The van der Waals surface area contributed by atoms with Gasteiger partial charge in [-0.3, -0.25) is 4.40 Å². The molecule has 25 heavy (non-hydrogen) atoms. The van der Waals surface area contributed by atoms with Gasteiger partial charge in [-0.15, -0.1) is 0 Å². The van der Waals surface area contributed by atoms with E-state index in [1.807, 2.05) is 47.9 Å². The number of nitrogens with zero attached hydrogens (tertiary/aromatic N) is 3. The third-order valence-electron chi connectivity index (χ3n) is 4.16. The molecule has 124 valence electrons. The van der Waals surface area contributed by atoms with E-state index in [-0.39, 0.29) is 5.75 Å². The van der Waals surface area contributed by atoms with Gasteiger partial charge >= 0.3 is 0 Å². The van der Waals surface area contributed by atoms with Gasteiger partial charge in [0.25, 0.3) is 0 Å². The summed E-state index contributed by atoms with van der Waals surface area (Å²) < 4.78 is 2.03. The number of aromatic hydroxyl groups is 1. The SMILES string of the molecule is Cc1nc2c(NCc3ccccc3)nccn2c1-c1ccc(O)cc1. The van der Waals surface area contributed by atoms with E-state index in [4.69, 9.17) is 4.98 Å². The van der Waals surface area contributed by atoms with Gasteiger partial charge in [-0.05, 0) is 36.8 Å². The maximum Gasteiger partial charge on any atom is 0.180 e. The van der Waals surface area contributed by atoms with Crippen molar-refractivity contribution in [2.75, 3.05) is 5.32 Å². The van der Waals surface area contributed by atoms with Crippen molar-refractivity contribution in [1.82, 2.24) is 14.4 Å². The minimum absolute atomic E-state index is 0.252. The van der Waals surface area contributed by atoms with Crippen LogP contribution in [0.4, 0.5) is 5.82 Å². The summed E-state index contributed by atoms with van der Waals surface area (Å²) in [6.07, 6.45) is 3.68. The minimum atomic E-state index is 0.252. The van der Waals surface area contributed by atoms with Crippen LogP contribution in [0.15, 0.2) is 67.0 Å². The van der Waals surface area contributed by atoms with Gasteiger partial charge < -0.3 is 10.4 Å². The molecule has 4 aromatic rings. The third-order valence-corrected chi connectivity index (χ3v) is 4.16. The summed E-state index contributed by atoms with van der Waals surface area (Å²) in [5.41, 5.74) is 4.90. The Hall–Kier alpha value is -3.34. The highest BCUT2D eigenvalue weighted by atomic mass is 16.3. The number of phenolic OH excluding ortho intramolecular Hbond substituents is 1. The maximum atomic E-state index is 9.52. The Balaban J connectivity index is 1.73. The molecule has 0 aliphatic carbocycles. The molecule has 4 rings (SSSR count). The van der Waals surface area contributed by atoms with Crippen LogP contribution in [0, 0.1) is 6.92 Å². The van der Waals surface area contributed by atoms with Crippen molar-refractivity contribution in [2.24, 2.45) is 0 Å². The van der Waals surface area contributed by atoms with Crippen LogP contribution in [-0.4, -0.2) is 19.5 Å². The van der Waals surface area contributed by atoms with Gasteiger partial charge in [0.2, 0.25) is 0 Å². The molecule has 0 atom stereocenters. The van der Waals surface area contributed by atoms with Crippen molar-refractivity contribution >= 4 is 11.5 Å². The Morgan fingerprint density at radius 1 is 1.04 bits per heavy atom. The second-order valence-electron chi connectivity index (χ2n) is 5.90. The molecule has 2 aromatic carbocycles. The van der Waals surface area contributed by atoms with Crippen molar-refractivity contribution in [3.8, 4) is 17.0 Å². The molecule has 0 saturated carbocycles. The Morgan fingerprint density at radius 3 is 2.56 bits per heavy atom. The van der Waals surface area contributed by atoms with Gasteiger partial charge in [0, 0.05) is 24.5 Å². The van der Waals surface area contributed by atoms with Gasteiger partial charge in [0.1, 0.15) is 5.75 Å². The maximum absolute atomic E-state index is 9.52. The summed E-state index contributed by atoms with van der Waals surface area (Å²) in [4.78, 5) is 9.15. The minimum Gasteiger partial charge on any atom is -0.508 e. The highest BCUT2D eigenvalue weighted by molar-refractivity contribution is 5.73. The molecule has 0 bridgehead atoms. The number of phenols is 1. The zero-order valence-corrected chi connectivity index (χ0v) is 13.8. The van der Waals surface area contributed by atoms with Gasteiger partial charge in [0.15, 0.2) is 11.5 Å². The van der Waals surface area contributed by atoms with Crippen LogP contribution in [0.5, 0.6) is 5.75 Å². The average Bonchev–Trinajstić information content (AvgIpc) is 2.98. The highest BCUT2D eigenvalue weighted by Crippen LogP contribution is 2.28. The Kier molecular flexibility index (Phi) is 3.82. The number of aryl methyl sites for hydroxylation is 1. The summed E-state index contributed by atoms with van der Waals surface area (Å²) in [5, 5.41) is 12.9. The summed E-state index contributed by atoms with van der Waals surface area (Å²) in [6, 6.07) is 17.4. The zero-order valence-electron chi connectivity index (χ0n) is 13.8. The number of hydrogen-bond acceptors (Lipinski definition) is 4. The smallest absolute Gasteiger partial charge is 0.180 e. The number of rotatable bonds is 4. The molecule has 0 aliphatic rings. The Bertz CT molecular complexity index is 1010. The Morgan fingerprint density at radius 2 is 1.80 bits per heavy atom. The zero-order chi connectivity index (χ0) is 17.2. The second kappa shape index (κ2) is 6.28. The lowest BCUT2D eigenvalue weighted by Gasteiger charge is -2.08. The van der Waals surface area contributed by atoms with E-state index in [0.29, 0.717) is 6.54 Å². The topological polar surface area (TPSA) is 62.5 Å². The first-order chi connectivity index (χ1) is 12.2. The number of benzene rings is 2. The van der Waals surface area contributed by atoms with E-state index in [2.05, 4.69) is 22.4 Å². The lowest BCUT2D eigenvalue weighted by Crippen LogP contribution is -2.03. The Labute approximate surface area is 145 Å². The predicted octanol–water partition coefficient (Wildman–Crippen LogP) is 4.02. The lowest BCUT2D eigenvalue weighted by molar-refractivity contribution is 0.475. The molecule has 0 radical (unpaired) electrons. The van der Waals surface area contributed by atoms with Crippen LogP contribution >= 0.6 is 0 Å². The first-order valence-electron chi connectivity index (χ1n) is 8.13. The van der Waals surface area contributed by atoms with Gasteiger partial charge in [-0.1, -0.05) is 30.3 Å². The van der Waals surface area contributed by atoms with E-state index in [9.17, 15) is 5.11 Å². The van der Waals surface area contributed by atoms with Crippen molar-refractivity contribution in [3.05, 3.63) is 78.2 Å². The fourth-order valence-electron chi connectivity index (χ4n) is 2.96. The summed E-state index contributed by atoms with van der Waals surface area (Å²) in [6.45, 7) is 2.67. The lowest BCUT2D eigenvalue weighted by atomic mass is 10.1. The molecule has 2 N–H and O–H groups in total. The van der Waals surface area contributed by atoms with Crippen LogP contribution < -0.4 is 5.32 Å². The standard InChI is InChI=1S/C20H18N4O/c1-14-18(16-7-9-17(25)10-8-16)24-12-11-21-19(20(24)23-14)22-13-15-5-3-2-4-6-15/h2-12,25H,13H2,1H3,(H,21,22). The summed E-state index contributed by atoms with van der Waals surface area (Å²) in [7, 11) is 0. The molecule has 0 aliphatic heterocycles. The van der Waals surface area contributed by atoms with E-state index in [1.54, 1.807) is 18.3 Å². The van der Waals surface area contributed by atoms with Gasteiger partial charge in [-0.25, -0.2) is 9.97 Å². The van der Waals surface area contributed by atoms with Crippen molar-refractivity contribution in [3.63, 3.8) is 0 Å². The molecule has 5 nitrogen and oxygen atoms in total. The molecule has 5 heteroatoms. The highest BCUT2D eigenvalue weighted by Gasteiger charge is 2.14. The molecular formula is C20H18N4O. The quantitative estimate of drug-likeness (QED) is 0.593. The van der Waals surface area contributed by atoms with E-state index in [0.717, 1.165) is 28.4 Å². The van der Waals surface area contributed by atoms with Crippen molar-refractivity contribution < 1.29 is 5.11 Å². The normalized spacial score (nSPS) is 10.9. The van der Waals surface area contributed by atoms with Crippen LogP contribution in [0.1, 0.15) is 11.3 Å². The molecule has 0 spiro atoms. The monoisotopic (exact) mass is 330 g/mol. The fraction of sp³-hybridized carbons (Fsp3) is 0.100. The number of aromatic nitrogens is 3. The van der Waals surface area contributed by atoms with Crippen LogP contribution in [0.2, 0.25) is 0 Å². The molecular weight excluding hydrogens is 312 g/mol. The number of hydrogen-bond donors (Lipinski definition) is 2. The summed E-state index contributed by atoms with van der Waals surface area (Å²) in [5.74, 6) is 1.00. The molecule has 0 amide bonds. The third kappa shape index (κ3) is 2.92. The summed E-state index contributed by atoms with van der Waals surface area (Å²) >= 11 is 0. The first kappa shape index (κ1) is 15.2. The van der Waals surface area contributed by atoms with Gasteiger partial charge in [0.05, 0.1) is 11.4 Å². The molecule has 0 fully saturated rings. The fourth-order valence-corrected chi connectivity index (χ4v) is 2.96. The van der Waals surface area contributed by atoms with Crippen molar-refractivity contribution in [1.29, 1.82) is 0 Å². The molecule has 0 unspecified atom stereocenters. The number of imidazole rings is 1. The number of anilines is 1. The second-order valence-corrected chi connectivity index (χ2v) is 5.90. The average molecular weight is 330 g/mol. The first-order valence-corrected chi connectivity index (χ1v) is 8.13. The van der Waals surface area contributed by atoms with Crippen LogP contribution in [0.3, 0.4) is 0 Å². The number of nitrogens with one attached hydrogen (secondary N) is 1. The molecule has 2 aromatic heterocycles.